The predicted molar refractivity (Wildman–Crippen MR) is 59.8 cm³/mol. The first kappa shape index (κ1) is 11.6. The minimum atomic E-state index is -0.395. The molecule has 1 amide bonds. The van der Waals surface area contributed by atoms with E-state index in [9.17, 15) is 4.79 Å². The van der Waals surface area contributed by atoms with Gasteiger partial charge >= 0.3 is 6.09 Å². The molecule has 0 saturated heterocycles. The summed E-state index contributed by atoms with van der Waals surface area (Å²) in [4.78, 5) is 10.9. The quantitative estimate of drug-likeness (QED) is 0.827. The van der Waals surface area contributed by atoms with E-state index in [0.717, 1.165) is 5.56 Å². The van der Waals surface area contributed by atoms with Gasteiger partial charge in [0.2, 0.25) is 0 Å². The number of benzene rings is 1. The number of nitrogens with one attached hydrogen (secondary N) is 1. The Morgan fingerprint density at radius 2 is 2.07 bits per heavy atom. The monoisotopic (exact) mass is 207 g/mol. The van der Waals surface area contributed by atoms with E-state index in [4.69, 9.17) is 0 Å². The molecule has 1 N–H and O–H groups in total. The number of carbonyl (C=O) groups excluding carboxylic acids is 1. The number of hydrogen-bond donors (Lipinski definition) is 1. The highest BCUT2D eigenvalue weighted by Crippen LogP contribution is 2.18. The van der Waals surface area contributed by atoms with E-state index in [2.05, 4.69) is 30.0 Å². The first-order chi connectivity index (χ1) is 7.15. The molecule has 3 heteroatoms. The van der Waals surface area contributed by atoms with Crippen LogP contribution in [-0.4, -0.2) is 13.2 Å². The molecular formula is C12H17NO2. The summed E-state index contributed by atoms with van der Waals surface area (Å²) in [5, 5.41) is 2.68. The molecule has 0 atom stereocenters. The van der Waals surface area contributed by atoms with Crippen molar-refractivity contribution >= 4 is 6.09 Å². The van der Waals surface area contributed by atoms with Crippen molar-refractivity contribution in [2.75, 3.05) is 7.11 Å². The maximum atomic E-state index is 10.9. The van der Waals surface area contributed by atoms with E-state index in [1.807, 2.05) is 18.2 Å². The number of ether oxygens (including phenoxy) is 1. The van der Waals surface area contributed by atoms with Crippen molar-refractivity contribution < 1.29 is 9.53 Å². The SMILES string of the molecule is COC(=O)NCc1ccccc1C(C)C. The molecule has 0 fully saturated rings. The van der Waals surface area contributed by atoms with Gasteiger partial charge in [0.15, 0.2) is 0 Å². The largest absolute Gasteiger partial charge is 0.453 e. The fourth-order valence-electron chi connectivity index (χ4n) is 1.50. The number of alkyl carbamates (subject to hydrolysis) is 1. The Bertz CT molecular complexity index is 334. The molecule has 0 bridgehead atoms. The third-order valence-corrected chi connectivity index (χ3v) is 2.29. The molecule has 0 saturated carbocycles. The average Bonchev–Trinajstić information content (AvgIpc) is 2.26. The molecule has 1 aromatic rings. The van der Waals surface area contributed by atoms with Gasteiger partial charge in [-0.25, -0.2) is 4.79 Å². The smallest absolute Gasteiger partial charge is 0.407 e. The lowest BCUT2D eigenvalue weighted by Crippen LogP contribution is -2.23. The van der Waals surface area contributed by atoms with Crippen LogP contribution in [0.3, 0.4) is 0 Å². The van der Waals surface area contributed by atoms with E-state index < -0.39 is 6.09 Å². The lowest BCUT2D eigenvalue weighted by Gasteiger charge is -2.12. The lowest BCUT2D eigenvalue weighted by atomic mass is 9.97. The first-order valence-corrected chi connectivity index (χ1v) is 5.04. The van der Waals surface area contributed by atoms with Crippen molar-refractivity contribution in [2.45, 2.75) is 26.3 Å². The minimum absolute atomic E-state index is 0.395. The molecule has 3 nitrogen and oxygen atoms in total. The summed E-state index contributed by atoms with van der Waals surface area (Å²) in [6.45, 7) is 4.79. The van der Waals surface area contributed by atoms with E-state index in [0.29, 0.717) is 12.5 Å². The zero-order valence-electron chi connectivity index (χ0n) is 9.41. The zero-order valence-corrected chi connectivity index (χ0v) is 9.41. The standard InChI is InChI=1S/C12H17NO2/c1-9(2)11-7-5-4-6-10(11)8-13-12(14)15-3/h4-7,9H,8H2,1-3H3,(H,13,14). The van der Waals surface area contributed by atoms with E-state index >= 15 is 0 Å². The zero-order chi connectivity index (χ0) is 11.3. The van der Waals surface area contributed by atoms with E-state index in [1.165, 1.54) is 12.7 Å². The van der Waals surface area contributed by atoms with Crippen molar-refractivity contribution in [3.63, 3.8) is 0 Å². The second-order valence-electron chi connectivity index (χ2n) is 3.70. The Morgan fingerprint density at radius 1 is 1.40 bits per heavy atom. The molecule has 0 heterocycles. The number of amides is 1. The van der Waals surface area contributed by atoms with Crippen molar-refractivity contribution in [3.8, 4) is 0 Å². The fraction of sp³-hybridized carbons (Fsp3) is 0.417. The van der Waals surface area contributed by atoms with Crippen molar-refractivity contribution in [2.24, 2.45) is 0 Å². The minimum Gasteiger partial charge on any atom is -0.453 e. The van der Waals surface area contributed by atoms with Gasteiger partial charge in [0.1, 0.15) is 0 Å². The fourth-order valence-corrected chi connectivity index (χ4v) is 1.50. The molecular weight excluding hydrogens is 190 g/mol. The van der Waals surface area contributed by atoms with Crippen LogP contribution >= 0.6 is 0 Å². The number of rotatable bonds is 3. The van der Waals surface area contributed by atoms with Gasteiger partial charge in [0, 0.05) is 6.54 Å². The molecule has 0 unspecified atom stereocenters. The van der Waals surface area contributed by atoms with Gasteiger partial charge < -0.3 is 10.1 Å². The Hall–Kier alpha value is -1.51. The van der Waals surface area contributed by atoms with Crippen LogP contribution in [-0.2, 0) is 11.3 Å². The van der Waals surface area contributed by atoms with Gasteiger partial charge in [-0.1, -0.05) is 38.1 Å². The van der Waals surface area contributed by atoms with Gasteiger partial charge in [0.25, 0.3) is 0 Å². The average molecular weight is 207 g/mol. The predicted octanol–water partition coefficient (Wildman–Crippen LogP) is 2.67. The lowest BCUT2D eigenvalue weighted by molar-refractivity contribution is 0.170. The highest BCUT2D eigenvalue weighted by atomic mass is 16.5. The molecule has 0 aliphatic heterocycles. The maximum Gasteiger partial charge on any atom is 0.407 e. The second-order valence-corrected chi connectivity index (χ2v) is 3.70. The van der Waals surface area contributed by atoms with Crippen LogP contribution in [0.2, 0.25) is 0 Å². The molecule has 0 spiro atoms. The number of hydrogen-bond acceptors (Lipinski definition) is 2. The van der Waals surface area contributed by atoms with Gasteiger partial charge in [-0.05, 0) is 17.0 Å². The molecule has 0 radical (unpaired) electrons. The topological polar surface area (TPSA) is 38.3 Å². The van der Waals surface area contributed by atoms with Crippen LogP contribution in [0.15, 0.2) is 24.3 Å². The van der Waals surface area contributed by atoms with Crippen LogP contribution in [0.5, 0.6) is 0 Å². The second kappa shape index (κ2) is 5.39. The summed E-state index contributed by atoms with van der Waals surface area (Å²) in [5.74, 6) is 0.459. The summed E-state index contributed by atoms with van der Waals surface area (Å²) in [6, 6.07) is 8.08. The summed E-state index contributed by atoms with van der Waals surface area (Å²) >= 11 is 0. The third-order valence-electron chi connectivity index (χ3n) is 2.29. The molecule has 0 aliphatic rings. The Morgan fingerprint density at radius 3 is 2.67 bits per heavy atom. The van der Waals surface area contributed by atoms with Crippen molar-refractivity contribution in [1.82, 2.24) is 5.32 Å². The third kappa shape index (κ3) is 3.27. The van der Waals surface area contributed by atoms with E-state index in [1.54, 1.807) is 0 Å². The van der Waals surface area contributed by atoms with Gasteiger partial charge in [-0.3, -0.25) is 0 Å². The van der Waals surface area contributed by atoms with Crippen molar-refractivity contribution in [3.05, 3.63) is 35.4 Å². The van der Waals surface area contributed by atoms with Gasteiger partial charge in [0.05, 0.1) is 7.11 Å². The summed E-state index contributed by atoms with van der Waals surface area (Å²) in [6.07, 6.45) is -0.395. The molecule has 15 heavy (non-hydrogen) atoms. The number of methoxy groups -OCH3 is 1. The molecule has 0 aromatic heterocycles. The van der Waals surface area contributed by atoms with Crippen LogP contribution in [0.1, 0.15) is 30.9 Å². The maximum absolute atomic E-state index is 10.9. The summed E-state index contributed by atoms with van der Waals surface area (Å²) < 4.78 is 4.52. The van der Waals surface area contributed by atoms with Crippen LogP contribution in [0, 0.1) is 0 Å². The first-order valence-electron chi connectivity index (χ1n) is 5.04. The van der Waals surface area contributed by atoms with Crippen LogP contribution < -0.4 is 5.32 Å². The normalized spacial score (nSPS) is 10.1. The highest BCUT2D eigenvalue weighted by Gasteiger charge is 2.06. The molecule has 0 aliphatic carbocycles. The van der Waals surface area contributed by atoms with Crippen LogP contribution in [0.25, 0.3) is 0 Å². The summed E-state index contributed by atoms with van der Waals surface area (Å²) in [5.41, 5.74) is 2.40. The molecule has 82 valence electrons. The molecule has 1 aromatic carbocycles. The van der Waals surface area contributed by atoms with Gasteiger partial charge in [-0.2, -0.15) is 0 Å². The Labute approximate surface area is 90.4 Å². The van der Waals surface area contributed by atoms with Crippen LogP contribution in [0.4, 0.5) is 4.79 Å². The van der Waals surface area contributed by atoms with Gasteiger partial charge in [-0.15, -0.1) is 0 Å². The Balaban J connectivity index is 2.71. The van der Waals surface area contributed by atoms with E-state index in [-0.39, 0.29) is 0 Å². The molecule has 1 rings (SSSR count). The van der Waals surface area contributed by atoms with Crippen molar-refractivity contribution in [1.29, 1.82) is 0 Å². The highest BCUT2D eigenvalue weighted by molar-refractivity contribution is 5.66. The Kier molecular flexibility index (Phi) is 4.16. The summed E-state index contributed by atoms with van der Waals surface area (Å²) in [7, 11) is 1.36. The number of carbonyl (C=O) groups is 1.